The van der Waals surface area contributed by atoms with Crippen LogP contribution in [0.3, 0.4) is 0 Å². The maximum Gasteiger partial charge on any atom is 0.328 e. The molecular formula is C11H13ClN4O2. The van der Waals surface area contributed by atoms with Gasteiger partial charge in [0, 0.05) is 28.6 Å². The summed E-state index contributed by atoms with van der Waals surface area (Å²) in [6.45, 7) is 1.94. The molecule has 0 saturated heterocycles. The van der Waals surface area contributed by atoms with E-state index in [2.05, 4.69) is 15.3 Å². The second kappa shape index (κ2) is 6.26. The van der Waals surface area contributed by atoms with Gasteiger partial charge in [-0.1, -0.05) is 34.9 Å². The lowest BCUT2D eigenvalue weighted by Gasteiger charge is -2.27. The highest BCUT2D eigenvalue weighted by atomic mass is 35.5. The monoisotopic (exact) mass is 268 g/mol. The van der Waals surface area contributed by atoms with Gasteiger partial charge in [0.05, 0.1) is 0 Å². The van der Waals surface area contributed by atoms with Crippen molar-refractivity contribution in [1.82, 2.24) is 5.32 Å². The molecular weight excluding hydrogens is 256 g/mol. The number of nitrogens with zero attached hydrogens (tertiary/aromatic N) is 3. The van der Waals surface area contributed by atoms with Crippen LogP contribution in [0.5, 0.6) is 0 Å². The van der Waals surface area contributed by atoms with Gasteiger partial charge in [0.2, 0.25) is 0 Å². The van der Waals surface area contributed by atoms with Crippen molar-refractivity contribution >= 4 is 17.6 Å². The van der Waals surface area contributed by atoms with Gasteiger partial charge in [-0.05, 0) is 18.5 Å². The van der Waals surface area contributed by atoms with Gasteiger partial charge in [-0.2, -0.15) is 0 Å². The number of aliphatic carboxylic acids is 1. The fourth-order valence-electron chi connectivity index (χ4n) is 1.55. The fraction of sp³-hybridized carbons (Fsp3) is 0.364. The Bertz CT molecular complexity index is 488. The second-order valence-electron chi connectivity index (χ2n) is 3.79. The Labute approximate surface area is 109 Å². The third kappa shape index (κ3) is 3.13. The molecule has 0 aliphatic rings. The number of benzene rings is 1. The summed E-state index contributed by atoms with van der Waals surface area (Å²) in [4.78, 5) is 14.0. The van der Waals surface area contributed by atoms with Crippen LogP contribution in [0.2, 0.25) is 5.02 Å². The lowest BCUT2D eigenvalue weighted by molar-refractivity contribution is -0.144. The van der Waals surface area contributed by atoms with Gasteiger partial charge in [0.1, 0.15) is 5.54 Å². The molecule has 0 radical (unpaired) electrons. The Morgan fingerprint density at radius 1 is 1.61 bits per heavy atom. The minimum atomic E-state index is -1.32. The van der Waals surface area contributed by atoms with Crippen molar-refractivity contribution in [2.45, 2.75) is 12.5 Å². The van der Waals surface area contributed by atoms with Crippen molar-refractivity contribution in [2.75, 3.05) is 13.1 Å². The van der Waals surface area contributed by atoms with Crippen molar-refractivity contribution in [1.29, 1.82) is 0 Å². The van der Waals surface area contributed by atoms with Gasteiger partial charge in [0.15, 0.2) is 0 Å². The first-order valence-corrected chi connectivity index (χ1v) is 5.64. The van der Waals surface area contributed by atoms with E-state index in [-0.39, 0.29) is 13.1 Å². The van der Waals surface area contributed by atoms with E-state index < -0.39 is 11.5 Å². The zero-order valence-corrected chi connectivity index (χ0v) is 10.6. The zero-order valence-electron chi connectivity index (χ0n) is 9.80. The van der Waals surface area contributed by atoms with Crippen LogP contribution in [0.4, 0.5) is 0 Å². The molecule has 0 spiro atoms. The summed E-state index contributed by atoms with van der Waals surface area (Å²) >= 11 is 6.01. The molecule has 0 amide bonds. The smallest absolute Gasteiger partial charge is 0.328 e. The van der Waals surface area contributed by atoms with E-state index in [4.69, 9.17) is 17.1 Å². The lowest BCUT2D eigenvalue weighted by atomic mass is 9.92. The quantitative estimate of drug-likeness (QED) is 0.359. The average molecular weight is 269 g/mol. The normalized spacial score (nSPS) is 13.4. The van der Waals surface area contributed by atoms with Crippen LogP contribution in [-0.4, -0.2) is 24.2 Å². The summed E-state index contributed by atoms with van der Waals surface area (Å²) in [6, 6.07) is 6.73. The zero-order chi connectivity index (χ0) is 13.6. The topological polar surface area (TPSA) is 98.1 Å². The Morgan fingerprint density at radius 3 is 2.83 bits per heavy atom. The van der Waals surface area contributed by atoms with E-state index in [1.165, 1.54) is 6.92 Å². The third-order valence-electron chi connectivity index (χ3n) is 2.59. The molecule has 7 heteroatoms. The first-order chi connectivity index (χ1) is 8.52. The molecule has 2 N–H and O–H groups in total. The van der Waals surface area contributed by atoms with E-state index in [1.807, 2.05) is 0 Å². The van der Waals surface area contributed by atoms with Crippen molar-refractivity contribution in [3.8, 4) is 0 Å². The van der Waals surface area contributed by atoms with Crippen LogP contribution in [0.25, 0.3) is 10.4 Å². The predicted molar refractivity (Wildman–Crippen MR) is 68.5 cm³/mol. The molecule has 1 aromatic rings. The maximum atomic E-state index is 11.4. The van der Waals surface area contributed by atoms with Gasteiger partial charge < -0.3 is 5.11 Å². The summed E-state index contributed by atoms with van der Waals surface area (Å²) in [5.74, 6) is -1.04. The number of carboxylic acid groups (broad SMARTS) is 1. The van der Waals surface area contributed by atoms with Crippen molar-refractivity contribution in [3.05, 3.63) is 45.3 Å². The molecule has 1 unspecified atom stereocenters. The minimum absolute atomic E-state index is 0.170. The summed E-state index contributed by atoms with van der Waals surface area (Å²) in [6.07, 6.45) is 0. The van der Waals surface area contributed by atoms with Crippen LogP contribution in [0.15, 0.2) is 29.4 Å². The molecule has 0 aliphatic heterocycles. The standard InChI is InChI=1S/C11H13ClN4O2/c1-11(10(17)18,14-6-7-15-16-13)8-4-2-3-5-9(8)12/h2-5,14H,6-7H2,1H3,(H,17,18). The van der Waals surface area contributed by atoms with Crippen LogP contribution < -0.4 is 5.32 Å². The van der Waals surface area contributed by atoms with Crippen LogP contribution >= 0.6 is 11.6 Å². The number of nitrogens with one attached hydrogen (secondary N) is 1. The first-order valence-electron chi connectivity index (χ1n) is 5.26. The van der Waals surface area contributed by atoms with Gasteiger partial charge in [0.25, 0.3) is 0 Å². The van der Waals surface area contributed by atoms with E-state index in [9.17, 15) is 9.90 Å². The number of azide groups is 1. The van der Waals surface area contributed by atoms with Crippen LogP contribution in [-0.2, 0) is 10.3 Å². The molecule has 1 aromatic carbocycles. The first kappa shape index (κ1) is 14.3. The summed E-state index contributed by atoms with van der Waals surface area (Å²) < 4.78 is 0. The van der Waals surface area contributed by atoms with Crippen molar-refractivity contribution < 1.29 is 9.90 Å². The SMILES string of the molecule is CC(NCCN=[N+]=[N-])(C(=O)O)c1ccccc1Cl. The summed E-state index contributed by atoms with van der Waals surface area (Å²) in [5, 5.41) is 15.9. The third-order valence-corrected chi connectivity index (χ3v) is 2.92. The van der Waals surface area contributed by atoms with Gasteiger partial charge >= 0.3 is 5.97 Å². The van der Waals surface area contributed by atoms with Crippen LogP contribution in [0, 0.1) is 0 Å². The average Bonchev–Trinajstić information content (AvgIpc) is 2.34. The van der Waals surface area contributed by atoms with Crippen LogP contribution in [0.1, 0.15) is 12.5 Å². The number of rotatable bonds is 6. The maximum absolute atomic E-state index is 11.4. The molecule has 96 valence electrons. The molecule has 0 bridgehead atoms. The summed E-state index contributed by atoms with van der Waals surface area (Å²) in [7, 11) is 0. The van der Waals surface area contributed by atoms with E-state index >= 15 is 0 Å². The fourth-order valence-corrected chi connectivity index (χ4v) is 1.88. The minimum Gasteiger partial charge on any atom is -0.480 e. The molecule has 0 saturated carbocycles. The molecule has 0 aliphatic carbocycles. The molecule has 0 heterocycles. The van der Waals surface area contributed by atoms with Gasteiger partial charge in [-0.25, -0.2) is 4.79 Å². The largest absolute Gasteiger partial charge is 0.480 e. The Balaban J connectivity index is 2.97. The highest BCUT2D eigenvalue weighted by molar-refractivity contribution is 6.31. The van der Waals surface area contributed by atoms with E-state index in [0.29, 0.717) is 10.6 Å². The molecule has 1 atom stereocenters. The number of hydrogen-bond acceptors (Lipinski definition) is 3. The predicted octanol–water partition coefficient (Wildman–Crippen LogP) is 2.54. The Morgan fingerprint density at radius 2 is 2.28 bits per heavy atom. The van der Waals surface area contributed by atoms with E-state index in [0.717, 1.165) is 0 Å². The van der Waals surface area contributed by atoms with Crippen molar-refractivity contribution in [3.63, 3.8) is 0 Å². The Hall–Kier alpha value is -1.75. The molecule has 0 fully saturated rings. The molecule has 0 aromatic heterocycles. The summed E-state index contributed by atoms with van der Waals surface area (Å²) in [5.41, 5.74) is 7.32. The number of hydrogen-bond donors (Lipinski definition) is 2. The lowest BCUT2D eigenvalue weighted by Crippen LogP contribution is -2.47. The van der Waals surface area contributed by atoms with E-state index in [1.54, 1.807) is 24.3 Å². The number of carboxylic acids is 1. The molecule has 1 rings (SSSR count). The van der Waals surface area contributed by atoms with Gasteiger partial charge in [-0.3, -0.25) is 5.32 Å². The number of carbonyl (C=O) groups is 1. The molecule has 18 heavy (non-hydrogen) atoms. The number of halogens is 1. The second-order valence-corrected chi connectivity index (χ2v) is 4.20. The highest BCUT2D eigenvalue weighted by Gasteiger charge is 2.35. The van der Waals surface area contributed by atoms with Crippen molar-refractivity contribution in [2.24, 2.45) is 5.11 Å². The highest BCUT2D eigenvalue weighted by Crippen LogP contribution is 2.28. The van der Waals surface area contributed by atoms with Gasteiger partial charge in [-0.15, -0.1) is 0 Å². The Kier molecular flexibility index (Phi) is 4.97. The molecule has 6 nitrogen and oxygen atoms in total.